The second-order valence-corrected chi connectivity index (χ2v) is 1.45. The topological polar surface area (TPSA) is 46.1 Å². The Bertz CT molecular complexity index is 179. The molecule has 0 aliphatic carbocycles. The van der Waals surface area contributed by atoms with Gasteiger partial charge in [0.05, 0.1) is 0 Å². The number of para-hydroxylation sites is 2. The standard InChI is InChI=1S/C6H6O2.4ClH.W/c7-5-3-1-2-4-6(5)8;;;;;/h1-4,7-8H;4*1H;/p-6. The molecule has 0 bridgehead atoms. The van der Waals surface area contributed by atoms with Crippen molar-refractivity contribution < 1.29 is 80.9 Å². The largest absolute Gasteiger partial charge is 1.00 e. The summed E-state index contributed by atoms with van der Waals surface area (Å²) in [5, 5.41) is 20.6. The van der Waals surface area contributed by atoms with Crippen molar-refractivity contribution in [2.45, 2.75) is 0 Å². The summed E-state index contributed by atoms with van der Waals surface area (Å²) in [6, 6.07) is 5.60. The zero-order valence-corrected chi connectivity index (χ0v) is 12.0. The molecule has 0 saturated heterocycles. The first-order valence-electron chi connectivity index (χ1n) is 2.24. The van der Waals surface area contributed by atoms with Gasteiger partial charge >= 0.3 is 0 Å². The fourth-order valence-electron chi connectivity index (χ4n) is 0.450. The normalized spacial score (nSPS) is 5.54. The molecular weight excluding hydrogens is 430 g/mol. The number of benzene rings is 1. The Morgan fingerprint density at radius 3 is 1.08 bits per heavy atom. The minimum atomic E-state index is -0.437. The molecule has 2 nitrogen and oxygen atoms in total. The van der Waals surface area contributed by atoms with Crippen LogP contribution >= 0.6 is 0 Å². The van der Waals surface area contributed by atoms with Gasteiger partial charge in [-0.05, 0) is 0 Å². The van der Waals surface area contributed by atoms with Crippen LogP contribution < -0.4 is 59.8 Å². The molecule has 0 aliphatic rings. The molecule has 0 fully saturated rings. The van der Waals surface area contributed by atoms with Gasteiger partial charge in [0.15, 0.2) is 0 Å². The molecule has 7 heteroatoms. The van der Waals surface area contributed by atoms with Gasteiger partial charge in [-0.15, -0.1) is 11.5 Å². The third-order valence-corrected chi connectivity index (χ3v) is 0.849. The first-order chi connectivity index (χ1) is 3.80. The van der Waals surface area contributed by atoms with Gasteiger partial charge in [0.2, 0.25) is 0 Å². The Hall–Kier alpha value is 0.668. The van der Waals surface area contributed by atoms with E-state index >= 15 is 0 Å². The molecule has 0 radical (unpaired) electrons. The van der Waals surface area contributed by atoms with Crippen LogP contribution in [0.15, 0.2) is 24.3 Å². The molecular formula is C6H4Cl4O2W-6. The van der Waals surface area contributed by atoms with Crippen LogP contribution in [0.25, 0.3) is 0 Å². The summed E-state index contributed by atoms with van der Waals surface area (Å²) in [5.41, 5.74) is 0. The van der Waals surface area contributed by atoms with Crippen LogP contribution in [0, 0.1) is 0 Å². The molecule has 1 rings (SSSR count). The Morgan fingerprint density at radius 2 is 0.923 bits per heavy atom. The van der Waals surface area contributed by atoms with E-state index in [1.807, 2.05) is 0 Å². The molecule has 0 aromatic heterocycles. The number of rotatable bonds is 0. The van der Waals surface area contributed by atoms with Crippen molar-refractivity contribution in [2.75, 3.05) is 0 Å². The van der Waals surface area contributed by atoms with Gasteiger partial charge in [-0.3, -0.25) is 0 Å². The van der Waals surface area contributed by atoms with Crippen molar-refractivity contribution in [3.8, 4) is 11.5 Å². The molecule has 0 amide bonds. The van der Waals surface area contributed by atoms with Gasteiger partial charge in [-0.2, -0.15) is 0 Å². The minimum Gasteiger partial charge on any atom is -1.00 e. The summed E-state index contributed by atoms with van der Waals surface area (Å²) in [4.78, 5) is 0. The summed E-state index contributed by atoms with van der Waals surface area (Å²) >= 11 is 0. The van der Waals surface area contributed by atoms with E-state index < -0.39 is 11.5 Å². The molecule has 80 valence electrons. The van der Waals surface area contributed by atoms with Gasteiger partial charge in [0, 0.05) is 21.1 Å². The Morgan fingerprint density at radius 1 is 0.692 bits per heavy atom. The zero-order chi connectivity index (χ0) is 5.98. The van der Waals surface area contributed by atoms with Gasteiger partial charge < -0.3 is 59.8 Å². The van der Waals surface area contributed by atoms with Crippen LogP contribution in [-0.2, 0) is 21.1 Å². The molecule has 0 heterocycles. The minimum absolute atomic E-state index is 0. The van der Waals surface area contributed by atoms with Crippen LogP contribution in [-0.4, -0.2) is 0 Å². The van der Waals surface area contributed by atoms with Crippen LogP contribution in [0.5, 0.6) is 11.5 Å². The van der Waals surface area contributed by atoms with E-state index in [0.29, 0.717) is 0 Å². The Labute approximate surface area is 116 Å². The predicted molar refractivity (Wildman–Crippen MR) is 25.3 cm³/mol. The molecule has 13 heavy (non-hydrogen) atoms. The van der Waals surface area contributed by atoms with E-state index in [1.54, 1.807) is 12.1 Å². The number of hydrogen-bond acceptors (Lipinski definition) is 2. The molecule has 1 aromatic rings. The van der Waals surface area contributed by atoms with E-state index in [1.165, 1.54) is 12.1 Å². The van der Waals surface area contributed by atoms with Gasteiger partial charge in [0.25, 0.3) is 0 Å². The maximum absolute atomic E-state index is 10.3. The molecule has 1 aromatic carbocycles. The van der Waals surface area contributed by atoms with E-state index in [-0.39, 0.29) is 70.7 Å². The zero-order valence-electron chi connectivity index (χ0n) is 6.05. The second-order valence-electron chi connectivity index (χ2n) is 1.45. The average molecular weight is 434 g/mol. The SMILES string of the molecule is [Cl-].[Cl-].[Cl-].[Cl-].[O-]c1ccccc1[O-].[W]. The summed E-state index contributed by atoms with van der Waals surface area (Å²) in [7, 11) is 0. The van der Waals surface area contributed by atoms with E-state index in [4.69, 9.17) is 0 Å². The maximum atomic E-state index is 10.3. The van der Waals surface area contributed by atoms with E-state index in [9.17, 15) is 10.2 Å². The third kappa shape index (κ3) is 10.6. The third-order valence-electron chi connectivity index (χ3n) is 0.849. The first-order valence-corrected chi connectivity index (χ1v) is 2.24. The summed E-state index contributed by atoms with van der Waals surface area (Å²) < 4.78 is 0. The van der Waals surface area contributed by atoms with Gasteiger partial charge in [-0.25, -0.2) is 0 Å². The maximum Gasteiger partial charge on any atom is 0 e. The van der Waals surface area contributed by atoms with E-state index in [0.717, 1.165) is 0 Å². The average Bonchev–Trinajstić information content (AvgIpc) is 1.77. The van der Waals surface area contributed by atoms with Crippen LogP contribution in [0.3, 0.4) is 0 Å². The van der Waals surface area contributed by atoms with Crippen LogP contribution in [0.2, 0.25) is 0 Å². The number of halogens is 4. The molecule has 0 aliphatic heterocycles. The van der Waals surface area contributed by atoms with Crippen LogP contribution in [0.4, 0.5) is 0 Å². The molecule has 0 spiro atoms. The molecule has 0 N–H and O–H groups in total. The van der Waals surface area contributed by atoms with Crippen molar-refractivity contribution in [3.63, 3.8) is 0 Å². The van der Waals surface area contributed by atoms with E-state index in [2.05, 4.69) is 0 Å². The van der Waals surface area contributed by atoms with Gasteiger partial charge in [-0.1, -0.05) is 24.3 Å². The first kappa shape index (κ1) is 29.2. The van der Waals surface area contributed by atoms with Crippen molar-refractivity contribution in [3.05, 3.63) is 24.3 Å². The van der Waals surface area contributed by atoms with Gasteiger partial charge in [0.1, 0.15) is 0 Å². The quantitative estimate of drug-likeness (QED) is 0.408. The van der Waals surface area contributed by atoms with Crippen molar-refractivity contribution in [1.29, 1.82) is 0 Å². The molecule has 0 saturated carbocycles. The predicted octanol–water partition coefficient (Wildman–Crippen LogP) is -12.2. The van der Waals surface area contributed by atoms with Crippen LogP contribution in [0.1, 0.15) is 0 Å². The van der Waals surface area contributed by atoms with Crippen molar-refractivity contribution in [1.82, 2.24) is 0 Å². The summed E-state index contributed by atoms with van der Waals surface area (Å²) in [6.45, 7) is 0. The summed E-state index contributed by atoms with van der Waals surface area (Å²) in [6.07, 6.45) is 0. The fraction of sp³-hybridized carbons (Fsp3) is 0. The summed E-state index contributed by atoms with van der Waals surface area (Å²) in [5.74, 6) is -0.875. The van der Waals surface area contributed by atoms with Crippen molar-refractivity contribution in [2.24, 2.45) is 0 Å². The smallest absolute Gasteiger partial charge is 0 e. The molecule has 0 atom stereocenters. The van der Waals surface area contributed by atoms with Crippen molar-refractivity contribution >= 4 is 0 Å². The second kappa shape index (κ2) is 15.2. The number of hydrogen-bond donors (Lipinski definition) is 0. The Balaban J connectivity index is -0.0000000427. The monoisotopic (exact) mass is 432 g/mol. The fourth-order valence-corrected chi connectivity index (χ4v) is 0.450. The molecule has 0 unspecified atom stereocenters. The Kier molecular flexibility index (Phi) is 34.0.